The third kappa shape index (κ3) is 4.35. The smallest absolute Gasteiger partial charge is 0.192 e. The fourth-order valence-electron chi connectivity index (χ4n) is 1.94. The van der Waals surface area contributed by atoms with Gasteiger partial charge in [0.05, 0.1) is 0 Å². The molecule has 0 saturated carbocycles. The van der Waals surface area contributed by atoms with Gasteiger partial charge < -0.3 is 4.90 Å². The molecule has 0 bridgehead atoms. The van der Waals surface area contributed by atoms with Gasteiger partial charge in [-0.15, -0.1) is 4.91 Å². The Morgan fingerprint density at radius 3 is 2.78 bits per heavy atom. The highest BCUT2D eigenvalue weighted by atomic mass is 35.5. The van der Waals surface area contributed by atoms with E-state index in [0.717, 1.165) is 43.7 Å². The fourth-order valence-corrected chi connectivity index (χ4v) is 2.14. The van der Waals surface area contributed by atoms with Crippen LogP contribution >= 0.6 is 11.6 Å². The fraction of sp³-hybridized carbons (Fsp3) is 0.615. The number of aryl methyl sites for hydroxylation is 1. The average molecular weight is 270 g/mol. The van der Waals surface area contributed by atoms with Crippen molar-refractivity contribution < 1.29 is 0 Å². The second-order valence-electron chi connectivity index (χ2n) is 4.11. The number of nitroso groups, excluding NO2 is 1. The van der Waals surface area contributed by atoms with Gasteiger partial charge in [0, 0.05) is 17.5 Å². The van der Waals surface area contributed by atoms with Crippen molar-refractivity contribution in [1.82, 2.24) is 9.88 Å². The first kappa shape index (κ1) is 15.1. The summed E-state index contributed by atoms with van der Waals surface area (Å²) in [5.74, 6) is 0. The van der Waals surface area contributed by atoms with Crippen LogP contribution in [0.4, 0.5) is 0 Å². The van der Waals surface area contributed by atoms with Gasteiger partial charge in [-0.3, -0.25) is 4.98 Å². The van der Waals surface area contributed by atoms with Crippen LogP contribution in [0.1, 0.15) is 37.0 Å². The summed E-state index contributed by atoms with van der Waals surface area (Å²) in [6.45, 7) is 7.45. The standard InChI is InChI=1S/C13H20ClN3O/c1-3-17(4-2)10-6-8-12-11(13(14)16-18)7-5-9-15-12/h5,7,9,13H,3-4,6,8,10H2,1-2H3. The Hall–Kier alpha value is -1.00. The van der Waals surface area contributed by atoms with E-state index < -0.39 is 5.50 Å². The van der Waals surface area contributed by atoms with Gasteiger partial charge in [-0.2, -0.15) is 0 Å². The Balaban J connectivity index is 2.59. The van der Waals surface area contributed by atoms with E-state index in [1.165, 1.54) is 0 Å². The van der Waals surface area contributed by atoms with E-state index in [4.69, 9.17) is 11.6 Å². The summed E-state index contributed by atoms with van der Waals surface area (Å²) in [6, 6.07) is 3.60. The minimum absolute atomic E-state index is 0.730. The minimum Gasteiger partial charge on any atom is -0.304 e. The first-order valence-corrected chi connectivity index (χ1v) is 6.79. The lowest BCUT2D eigenvalue weighted by Crippen LogP contribution is -2.24. The van der Waals surface area contributed by atoms with Crippen LogP contribution in [0.15, 0.2) is 23.5 Å². The molecule has 0 saturated heterocycles. The summed E-state index contributed by atoms with van der Waals surface area (Å²) in [6.07, 6.45) is 3.56. The Morgan fingerprint density at radius 1 is 1.44 bits per heavy atom. The third-order valence-corrected chi connectivity index (χ3v) is 3.37. The van der Waals surface area contributed by atoms with Gasteiger partial charge in [0.15, 0.2) is 5.50 Å². The molecule has 0 aromatic carbocycles. The molecular weight excluding hydrogens is 250 g/mol. The molecule has 1 atom stereocenters. The molecule has 0 amide bonds. The summed E-state index contributed by atoms with van der Waals surface area (Å²) in [7, 11) is 0. The van der Waals surface area contributed by atoms with Crippen LogP contribution in [0.25, 0.3) is 0 Å². The molecule has 4 nitrogen and oxygen atoms in total. The zero-order valence-electron chi connectivity index (χ0n) is 11.0. The van der Waals surface area contributed by atoms with Gasteiger partial charge in [0.2, 0.25) is 0 Å². The highest BCUT2D eigenvalue weighted by Crippen LogP contribution is 2.24. The van der Waals surface area contributed by atoms with E-state index in [1.54, 1.807) is 12.3 Å². The molecule has 1 unspecified atom stereocenters. The molecule has 0 fully saturated rings. The predicted octanol–water partition coefficient (Wildman–Crippen LogP) is 3.36. The third-order valence-electron chi connectivity index (χ3n) is 3.06. The number of alkyl halides is 1. The number of hydrogen-bond acceptors (Lipinski definition) is 4. The second-order valence-corrected chi connectivity index (χ2v) is 4.52. The van der Waals surface area contributed by atoms with E-state index in [1.807, 2.05) is 6.07 Å². The van der Waals surface area contributed by atoms with E-state index in [9.17, 15) is 4.91 Å². The highest BCUT2D eigenvalue weighted by molar-refractivity contribution is 6.20. The van der Waals surface area contributed by atoms with Gasteiger partial charge >= 0.3 is 0 Å². The largest absolute Gasteiger partial charge is 0.304 e. The molecule has 0 N–H and O–H groups in total. The van der Waals surface area contributed by atoms with Crippen LogP contribution in [0, 0.1) is 4.91 Å². The maximum absolute atomic E-state index is 10.5. The van der Waals surface area contributed by atoms with E-state index in [-0.39, 0.29) is 0 Å². The monoisotopic (exact) mass is 269 g/mol. The summed E-state index contributed by atoms with van der Waals surface area (Å²) >= 11 is 5.86. The summed E-state index contributed by atoms with van der Waals surface area (Å²) < 4.78 is 0. The summed E-state index contributed by atoms with van der Waals surface area (Å²) in [4.78, 5) is 17.2. The normalized spacial score (nSPS) is 12.7. The molecule has 0 aliphatic rings. The molecular formula is C13H20ClN3O. The Morgan fingerprint density at radius 2 is 2.17 bits per heavy atom. The van der Waals surface area contributed by atoms with E-state index in [0.29, 0.717) is 0 Å². The van der Waals surface area contributed by atoms with Crippen molar-refractivity contribution in [2.45, 2.75) is 32.2 Å². The van der Waals surface area contributed by atoms with Crippen molar-refractivity contribution in [2.75, 3.05) is 19.6 Å². The van der Waals surface area contributed by atoms with Gasteiger partial charge in [-0.1, -0.05) is 31.5 Å². The number of hydrogen-bond donors (Lipinski definition) is 0. The zero-order chi connectivity index (χ0) is 13.4. The lowest BCUT2D eigenvalue weighted by Gasteiger charge is -2.17. The molecule has 1 aromatic heterocycles. The molecule has 100 valence electrons. The van der Waals surface area contributed by atoms with Crippen LogP contribution in [0.2, 0.25) is 0 Å². The number of aromatic nitrogens is 1. The molecule has 0 aliphatic heterocycles. The molecule has 1 heterocycles. The second kappa shape index (κ2) is 8.16. The van der Waals surface area contributed by atoms with Crippen molar-refractivity contribution in [3.05, 3.63) is 34.5 Å². The van der Waals surface area contributed by atoms with E-state index in [2.05, 4.69) is 28.9 Å². The maximum atomic E-state index is 10.5. The molecule has 18 heavy (non-hydrogen) atoms. The SMILES string of the molecule is CCN(CC)CCCc1ncccc1C(Cl)N=O. The average Bonchev–Trinajstić information content (AvgIpc) is 2.43. The molecule has 0 radical (unpaired) electrons. The Kier molecular flexibility index (Phi) is 6.83. The number of rotatable bonds is 8. The van der Waals surface area contributed by atoms with Crippen LogP contribution in [0.3, 0.4) is 0 Å². The maximum Gasteiger partial charge on any atom is 0.192 e. The molecule has 5 heteroatoms. The van der Waals surface area contributed by atoms with Crippen molar-refractivity contribution in [3.63, 3.8) is 0 Å². The topological polar surface area (TPSA) is 45.6 Å². The van der Waals surface area contributed by atoms with Gasteiger partial charge in [-0.25, -0.2) is 0 Å². The van der Waals surface area contributed by atoms with E-state index >= 15 is 0 Å². The van der Waals surface area contributed by atoms with Crippen molar-refractivity contribution in [3.8, 4) is 0 Å². The quantitative estimate of drug-likeness (QED) is 0.413. The molecule has 0 aliphatic carbocycles. The zero-order valence-corrected chi connectivity index (χ0v) is 11.7. The number of pyridine rings is 1. The number of nitrogens with zero attached hydrogens (tertiary/aromatic N) is 3. The van der Waals surface area contributed by atoms with Gasteiger partial charge in [0.25, 0.3) is 0 Å². The van der Waals surface area contributed by atoms with Crippen LogP contribution in [0.5, 0.6) is 0 Å². The lowest BCUT2D eigenvalue weighted by atomic mass is 10.1. The summed E-state index contributed by atoms with van der Waals surface area (Å²) in [5, 5.41) is 2.86. The molecule has 1 rings (SSSR count). The van der Waals surface area contributed by atoms with Gasteiger partial charge in [-0.05, 0) is 43.7 Å². The first-order valence-electron chi connectivity index (χ1n) is 6.35. The Labute approximate surface area is 113 Å². The number of halogens is 1. The van der Waals surface area contributed by atoms with Gasteiger partial charge in [0.1, 0.15) is 0 Å². The predicted molar refractivity (Wildman–Crippen MR) is 74.7 cm³/mol. The van der Waals surface area contributed by atoms with Crippen LogP contribution < -0.4 is 0 Å². The highest BCUT2D eigenvalue weighted by Gasteiger charge is 2.13. The van der Waals surface area contributed by atoms with Crippen LogP contribution in [-0.2, 0) is 6.42 Å². The molecule has 0 spiro atoms. The summed E-state index contributed by atoms with van der Waals surface area (Å²) in [5.41, 5.74) is 0.778. The molecule has 1 aromatic rings. The minimum atomic E-state index is -0.831. The lowest BCUT2D eigenvalue weighted by molar-refractivity contribution is 0.299. The van der Waals surface area contributed by atoms with Crippen molar-refractivity contribution in [2.24, 2.45) is 5.18 Å². The van der Waals surface area contributed by atoms with Crippen LogP contribution in [-0.4, -0.2) is 29.5 Å². The van der Waals surface area contributed by atoms with Crippen molar-refractivity contribution >= 4 is 11.6 Å². The first-order chi connectivity index (χ1) is 8.72. The van der Waals surface area contributed by atoms with Crippen molar-refractivity contribution in [1.29, 1.82) is 0 Å². The Bertz CT molecular complexity index is 369.